The number of amides is 2. The average molecular weight is 412 g/mol. The molecule has 3 atom stereocenters. The van der Waals surface area contributed by atoms with Crippen LogP contribution in [-0.4, -0.2) is 17.0 Å². The van der Waals surface area contributed by atoms with Gasteiger partial charge in [0, 0.05) is 23.5 Å². The lowest BCUT2D eigenvalue weighted by Gasteiger charge is -2.52. The van der Waals surface area contributed by atoms with Gasteiger partial charge in [0.1, 0.15) is 0 Å². The molecule has 2 bridgehead atoms. The number of anilines is 1. The minimum Gasteiger partial charge on any atom is -0.595 e. The Hall–Kier alpha value is -3.32. The van der Waals surface area contributed by atoms with Crippen molar-refractivity contribution in [3.8, 4) is 0 Å². The molecule has 1 fully saturated rings. The van der Waals surface area contributed by atoms with E-state index in [1.807, 2.05) is 24.3 Å². The molecule has 0 radical (unpaired) electrons. The van der Waals surface area contributed by atoms with Crippen LogP contribution in [0.25, 0.3) is 0 Å². The summed E-state index contributed by atoms with van der Waals surface area (Å²) in [5.41, 5.74) is 4.15. The average Bonchev–Trinajstić information content (AvgIpc) is 3.06. The van der Waals surface area contributed by atoms with Crippen LogP contribution < -0.4 is 10.1 Å². The first kappa shape index (κ1) is 18.4. The van der Waals surface area contributed by atoms with Crippen molar-refractivity contribution < 1.29 is 20.0 Å². The summed E-state index contributed by atoms with van der Waals surface area (Å²) in [5.74, 6) is -1.73. The van der Waals surface area contributed by atoms with Gasteiger partial charge in [0.25, 0.3) is 0 Å². The molecule has 7 rings (SSSR count). The normalized spacial score (nSPS) is 28.9. The fourth-order valence-corrected chi connectivity index (χ4v) is 6.18. The van der Waals surface area contributed by atoms with E-state index in [2.05, 4.69) is 31.2 Å². The molecule has 31 heavy (non-hydrogen) atoms. The number of carbonyl (C=O) groups is 2. The summed E-state index contributed by atoms with van der Waals surface area (Å²) in [5, 5.41) is 19.7. The number of hydrogen-bond acceptors (Lipinski definition) is 4. The maximum atomic E-state index is 13.8. The van der Waals surface area contributed by atoms with E-state index in [9.17, 15) is 20.0 Å². The topological polar surface area (TPSA) is 85.1 Å². The molecule has 2 amide bonds. The van der Waals surface area contributed by atoms with Gasteiger partial charge in [-0.2, -0.15) is 5.23 Å². The fraction of sp³-hybridized carbons (Fsp3) is 0.200. The minimum atomic E-state index is -1.09. The maximum absolute atomic E-state index is 13.8. The first-order valence-corrected chi connectivity index (χ1v) is 10.3. The van der Waals surface area contributed by atoms with Crippen molar-refractivity contribution in [1.82, 2.24) is 0 Å². The van der Waals surface area contributed by atoms with Gasteiger partial charge in [-0.05, 0) is 28.3 Å². The molecule has 3 aromatic rings. The van der Waals surface area contributed by atoms with Crippen LogP contribution in [0.4, 0.5) is 11.4 Å². The number of quaternary nitrogens is 1. The summed E-state index contributed by atoms with van der Waals surface area (Å²) in [6, 6.07) is 22.3. The fourth-order valence-electron chi connectivity index (χ4n) is 6.18. The third-order valence-electron chi connectivity index (χ3n) is 7.39. The van der Waals surface area contributed by atoms with Crippen molar-refractivity contribution in [2.75, 3.05) is 4.90 Å². The molecule has 2 N–H and O–H groups in total. The third kappa shape index (κ3) is 2.16. The van der Waals surface area contributed by atoms with Gasteiger partial charge in [-0.3, -0.25) is 9.59 Å². The number of rotatable bonds is 2. The molecule has 0 saturated carbocycles. The molecule has 1 unspecified atom stereocenters. The number of nitrogens with one attached hydrogen (secondary N) is 1. The molecule has 0 spiro atoms. The van der Waals surface area contributed by atoms with Crippen molar-refractivity contribution in [2.45, 2.75) is 18.3 Å². The van der Waals surface area contributed by atoms with E-state index in [0.717, 1.165) is 22.3 Å². The predicted molar refractivity (Wildman–Crippen MR) is 113 cm³/mol. The quantitative estimate of drug-likeness (QED) is 0.501. The Morgan fingerprint density at radius 2 is 1.52 bits per heavy atom. The van der Waals surface area contributed by atoms with Crippen LogP contribution in [-0.2, 0) is 15.0 Å². The Morgan fingerprint density at radius 3 is 2.13 bits per heavy atom. The Balaban J connectivity index is 1.58. The zero-order valence-corrected chi connectivity index (χ0v) is 16.8. The van der Waals surface area contributed by atoms with Crippen LogP contribution >= 0.6 is 0 Å². The van der Waals surface area contributed by atoms with E-state index in [1.54, 1.807) is 12.1 Å². The largest absolute Gasteiger partial charge is 0.595 e. The highest BCUT2D eigenvalue weighted by Gasteiger charge is 2.66. The smallest absolute Gasteiger partial charge is 0.238 e. The van der Waals surface area contributed by atoms with Crippen molar-refractivity contribution in [3.63, 3.8) is 0 Å². The summed E-state index contributed by atoms with van der Waals surface area (Å²) in [7, 11) is 0. The first-order valence-electron chi connectivity index (χ1n) is 10.3. The van der Waals surface area contributed by atoms with Crippen LogP contribution in [0.2, 0.25) is 0 Å². The van der Waals surface area contributed by atoms with Gasteiger partial charge in [0.15, 0.2) is 5.69 Å². The molecule has 154 valence electrons. The van der Waals surface area contributed by atoms with Gasteiger partial charge in [0.05, 0.1) is 17.5 Å². The lowest BCUT2D eigenvalue weighted by molar-refractivity contribution is -0.991. The molecule has 3 aromatic carbocycles. The van der Waals surface area contributed by atoms with Gasteiger partial charge in [-0.25, -0.2) is 10.1 Å². The Morgan fingerprint density at radius 1 is 0.903 bits per heavy atom. The highest BCUT2D eigenvalue weighted by Crippen LogP contribution is 2.64. The monoisotopic (exact) mass is 412 g/mol. The van der Waals surface area contributed by atoms with E-state index in [0.29, 0.717) is 5.69 Å². The summed E-state index contributed by atoms with van der Waals surface area (Å²) < 4.78 is 0. The van der Waals surface area contributed by atoms with Gasteiger partial charge in [0.2, 0.25) is 11.8 Å². The van der Waals surface area contributed by atoms with E-state index in [1.165, 1.54) is 17.0 Å². The second-order valence-corrected chi connectivity index (χ2v) is 8.73. The molecular weight excluding hydrogens is 392 g/mol. The summed E-state index contributed by atoms with van der Waals surface area (Å²) in [6.07, 6.45) is 0. The van der Waals surface area contributed by atoms with E-state index < -0.39 is 22.5 Å². The van der Waals surface area contributed by atoms with Crippen LogP contribution in [0.3, 0.4) is 0 Å². The van der Waals surface area contributed by atoms with Crippen LogP contribution in [0.5, 0.6) is 0 Å². The van der Waals surface area contributed by atoms with Crippen LogP contribution in [0.15, 0.2) is 72.8 Å². The van der Waals surface area contributed by atoms with E-state index in [4.69, 9.17) is 0 Å². The van der Waals surface area contributed by atoms with Crippen molar-refractivity contribution in [3.05, 3.63) is 100 Å². The minimum absolute atomic E-state index is 0.0497. The maximum Gasteiger partial charge on any atom is 0.238 e. The molecule has 6 nitrogen and oxygen atoms in total. The van der Waals surface area contributed by atoms with Gasteiger partial charge >= 0.3 is 0 Å². The summed E-state index contributed by atoms with van der Waals surface area (Å²) in [6.45, 7) is 2.07. The van der Waals surface area contributed by atoms with Crippen molar-refractivity contribution in [1.29, 1.82) is 0 Å². The molecule has 1 saturated heterocycles. The van der Waals surface area contributed by atoms with Crippen LogP contribution in [0.1, 0.15) is 35.1 Å². The molecule has 1 aliphatic heterocycles. The zero-order valence-electron chi connectivity index (χ0n) is 16.8. The van der Waals surface area contributed by atoms with Gasteiger partial charge in [-0.15, -0.1) is 0 Å². The number of nitrogens with zero attached hydrogens (tertiary/aromatic N) is 1. The lowest BCUT2D eigenvalue weighted by atomic mass is 9.48. The van der Waals surface area contributed by atoms with Crippen molar-refractivity contribution in [2.24, 2.45) is 11.8 Å². The van der Waals surface area contributed by atoms with Gasteiger partial charge in [-0.1, -0.05) is 61.5 Å². The Kier molecular flexibility index (Phi) is 3.63. The second kappa shape index (κ2) is 6.11. The summed E-state index contributed by atoms with van der Waals surface area (Å²) >= 11 is 0. The highest BCUT2D eigenvalue weighted by molar-refractivity contribution is 6.23. The predicted octanol–water partition coefficient (Wildman–Crippen LogP) is 2.66. The van der Waals surface area contributed by atoms with E-state index >= 15 is 0 Å². The zero-order chi connectivity index (χ0) is 21.5. The Labute approximate surface area is 178 Å². The van der Waals surface area contributed by atoms with Gasteiger partial charge < -0.3 is 5.21 Å². The number of imide groups is 1. The van der Waals surface area contributed by atoms with Crippen molar-refractivity contribution >= 4 is 23.2 Å². The Bertz CT molecular complexity index is 1220. The molecule has 1 heterocycles. The highest BCUT2D eigenvalue weighted by atomic mass is 16.8. The lowest BCUT2D eigenvalue weighted by Crippen LogP contribution is -2.99. The molecular formula is C25H20N2O4. The molecule has 0 aromatic heterocycles. The third-order valence-corrected chi connectivity index (χ3v) is 7.39. The first-order chi connectivity index (χ1) is 14.9. The molecule has 4 aliphatic rings. The summed E-state index contributed by atoms with van der Waals surface area (Å²) in [4.78, 5) is 28.8. The number of carbonyl (C=O) groups excluding carboxylic acids is 2. The number of hydrogen-bond donors (Lipinski definition) is 2. The SMILES string of the molecule is CC12c3ccccc3C(c3ccccc31)[C@@H]1C(=O)N(c3cccc([NH+]([O-])O)c3)C(=O)[C@@H]12. The standard InChI is InChI=1S/C25H20N2O4/c1-25-18-11-4-2-9-16(18)20(17-10-3-5-12-19(17)25)21-22(25)24(29)26(23(21)28)14-7-6-8-15(13-14)27(30)31/h2-13,20-22,27,30H,1H3/t20?,21-,22+,25?/m0/s1. The van der Waals surface area contributed by atoms with E-state index in [-0.39, 0.29) is 23.4 Å². The second-order valence-electron chi connectivity index (χ2n) is 8.73. The van der Waals surface area contributed by atoms with Crippen LogP contribution in [0, 0.1) is 17.0 Å². The molecule has 6 heteroatoms. The number of benzene rings is 3. The molecule has 3 aliphatic carbocycles.